The van der Waals surface area contributed by atoms with Gasteiger partial charge in [-0.15, -0.1) is 0 Å². The molecule has 1 saturated carbocycles. The Morgan fingerprint density at radius 1 is 1.30 bits per heavy atom. The van der Waals surface area contributed by atoms with Gasteiger partial charge < -0.3 is 10.8 Å². The number of sulfonamides is 1. The van der Waals surface area contributed by atoms with Crippen molar-refractivity contribution in [3.63, 3.8) is 0 Å². The molecule has 3 N–H and O–H groups in total. The monoisotopic (exact) mass is 316 g/mol. The summed E-state index contributed by atoms with van der Waals surface area (Å²) in [5.74, 6) is 0.332. The van der Waals surface area contributed by atoms with Crippen LogP contribution in [0.3, 0.4) is 0 Å². The molecular formula is C13H17ClN2O3S. The van der Waals surface area contributed by atoms with Crippen molar-refractivity contribution in [1.29, 1.82) is 0 Å². The summed E-state index contributed by atoms with van der Waals surface area (Å²) in [5.41, 5.74) is 5.97. The van der Waals surface area contributed by atoms with Crippen LogP contribution in [0.5, 0.6) is 0 Å². The van der Waals surface area contributed by atoms with Crippen molar-refractivity contribution < 1.29 is 13.5 Å². The van der Waals surface area contributed by atoms with E-state index in [1.54, 1.807) is 0 Å². The number of nitrogens with two attached hydrogens (primary N) is 1. The van der Waals surface area contributed by atoms with E-state index in [4.69, 9.17) is 17.3 Å². The molecule has 1 heterocycles. The van der Waals surface area contributed by atoms with Gasteiger partial charge in [-0.05, 0) is 37.0 Å². The zero-order valence-corrected chi connectivity index (χ0v) is 12.4. The molecule has 0 amide bonds. The van der Waals surface area contributed by atoms with Crippen LogP contribution in [0.4, 0.5) is 5.69 Å². The Bertz CT molecular complexity index is 635. The average molecular weight is 317 g/mol. The van der Waals surface area contributed by atoms with E-state index < -0.39 is 10.0 Å². The maximum absolute atomic E-state index is 12.6. The topological polar surface area (TPSA) is 83.6 Å². The molecule has 0 aromatic heterocycles. The van der Waals surface area contributed by atoms with Crippen molar-refractivity contribution in [3.8, 4) is 0 Å². The molecule has 7 heteroatoms. The van der Waals surface area contributed by atoms with E-state index in [1.165, 1.54) is 22.5 Å². The number of anilines is 1. The van der Waals surface area contributed by atoms with E-state index in [9.17, 15) is 13.5 Å². The lowest BCUT2D eigenvalue weighted by molar-refractivity contribution is 0.129. The fourth-order valence-electron chi connectivity index (χ4n) is 3.21. The first-order valence-corrected chi connectivity index (χ1v) is 8.44. The van der Waals surface area contributed by atoms with Crippen LogP contribution in [0.15, 0.2) is 23.1 Å². The third kappa shape index (κ3) is 2.20. The molecule has 3 rings (SSSR count). The number of hydrogen-bond donors (Lipinski definition) is 2. The molecule has 2 fully saturated rings. The van der Waals surface area contributed by atoms with Gasteiger partial charge in [0.2, 0.25) is 10.0 Å². The molecule has 2 aliphatic rings. The van der Waals surface area contributed by atoms with E-state index in [2.05, 4.69) is 0 Å². The Kier molecular flexibility index (Phi) is 3.44. The summed E-state index contributed by atoms with van der Waals surface area (Å²) in [6.45, 7) is 0.863. The van der Waals surface area contributed by atoms with Crippen LogP contribution in [0.1, 0.15) is 12.8 Å². The summed E-state index contributed by atoms with van der Waals surface area (Å²) in [4.78, 5) is 0.158. The van der Waals surface area contributed by atoms with Gasteiger partial charge in [-0.3, -0.25) is 0 Å². The summed E-state index contributed by atoms with van der Waals surface area (Å²) in [6.07, 6.45) is 1.28. The van der Waals surface area contributed by atoms with E-state index in [0.29, 0.717) is 18.8 Å². The second-order valence-corrected chi connectivity index (χ2v) is 7.92. The fraction of sp³-hybridized carbons (Fsp3) is 0.538. The van der Waals surface area contributed by atoms with Gasteiger partial charge in [0.25, 0.3) is 0 Å². The van der Waals surface area contributed by atoms with Crippen LogP contribution in [0.2, 0.25) is 5.02 Å². The molecule has 1 saturated heterocycles. The van der Waals surface area contributed by atoms with Gasteiger partial charge in [0, 0.05) is 19.0 Å². The van der Waals surface area contributed by atoms with E-state index in [1.807, 2.05) is 0 Å². The number of fused-ring (bicyclic) bond motifs is 1. The second-order valence-electron chi connectivity index (χ2n) is 5.57. The average Bonchev–Trinajstić information content (AvgIpc) is 2.96. The molecule has 1 aromatic rings. The van der Waals surface area contributed by atoms with Gasteiger partial charge in [-0.2, -0.15) is 4.31 Å². The maximum atomic E-state index is 12.6. The Hall–Kier alpha value is -0.820. The van der Waals surface area contributed by atoms with Gasteiger partial charge >= 0.3 is 0 Å². The van der Waals surface area contributed by atoms with Crippen LogP contribution in [-0.4, -0.2) is 37.0 Å². The number of aliphatic hydroxyl groups excluding tert-OH is 1. The van der Waals surface area contributed by atoms with Crippen molar-refractivity contribution in [3.05, 3.63) is 23.2 Å². The van der Waals surface area contributed by atoms with Crippen molar-refractivity contribution in [2.45, 2.75) is 23.8 Å². The molecule has 0 bridgehead atoms. The summed E-state index contributed by atoms with van der Waals surface area (Å²) in [6, 6.07) is 4.36. The molecule has 1 aliphatic heterocycles. The zero-order valence-electron chi connectivity index (χ0n) is 10.9. The molecule has 1 aromatic carbocycles. The Morgan fingerprint density at radius 3 is 2.70 bits per heavy atom. The Balaban J connectivity index is 1.88. The van der Waals surface area contributed by atoms with Gasteiger partial charge in [0.1, 0.15) is 0 Å². The largest absolute Gasteiger partial charge is 0.398 e. The van der Waals surface area contributed by atoms with E-state index in [0.717, 1.165) is 12.8 Å². The number of nitrogen functional groups attached to an aromatic ring is 1. The predicted octanol–water partition coefficient (Wildman–Crippen LogP) is 1.31. The number of nitrogens with zero attached hydrogens (tertiary/aromatic N) is 1. The van der Waals surface area contributed by atoms with Crippen LogP contribution in [0, 0.1) is 11.8 Å². The van der Waals surface area contributed by atoms with Crippen LogP contribution >= 0.6 is 11.6 Å². The number of hydrogen-bond acceptors (Lipinski definition) is 4. The summed E-state index contributed by atoms with van der Waals surface area (Å²) >= 11 is 5.90. The number of aliphatic hydroxyl groups is 1. The lowest BCUT2D eigenvalue weighted by Crippen LogP contribution is -2.31. The van der Waals surface area contributed by atoms with Gasteiger partial charge in [0.05, 0.1) is 21.7 Å². The SMILES string of the molecule is Nc1ccc(S(=O)(=O)N2CC3CCC(O)C3C2)cc1Cl. The highest BCUT2D eigenvalue weighted by Gasteiger charge is 2.45. The highest BCUT2D eigenvalue weighted by Crippen LogP contribution is 2.40. The minimum Gasteiger partial charge on any atom is -0.398 e. The third-order valence-corrected chi connectivity index (χ3v) is 6.55. The smallest absolute Gasteiger partial charge is 0.243 e. The summed E-state index contributed by atoms with van der Waals surface area (Å²) in [5, 5.41) is 10.1. The van der Waals surface area contributed by atoms with Gasteiger partial charge in [0.15, 0.2) is 0 Å². The fourth-order valence-corrected chi connectivity index (χ4v) is 5.02. The molecule has 110 valence electrons. The van der Waals surface area contributed by atoms with Crippen molar-refractivity contribution in [2.75, 3.05) is 18.8 Å². The lowest BCUT2D eigenvalue weighted by Gasteiger charge is -2.18. The first-order chi connectivity index (χ1) is 9.39. The quantitative estimate of drug-likeness (QED) is 0.806. The predicted molar refractivity (Wildman–Crippen MR) is 76.8 cm³/mol. The molecule has 3 atom stereocenters. The van der Waals surface area contributed by atoms with Gasteiger partial charge in [-0.25, -0.2) is 8.42 Å². The molecule has 1 aliphatic carbocycles. The molecule has 5 nitrogen and oxygen atoms in total. The minimum atomic E-state index is -3.56. The third-order valence-electron chi connectivity index (χ3n) is 4.40. The van der Waals surface area contributed by atoms with Crippen LogP contribution < -0.4 is 5.73 Å². The van der Waals surface area contributed by atoms with E-state index in [-0.39, 0.29) is 27.9 Å². The van der Waals surface area contributed by atoms with E-state index >= 15 is 0 Å². The molecular weight excluding hydrogens is 300 g/mol. The molecule has 20 heavy (non-hydrogen) atoms. The summed E-state index contributed by atoms with van der Waals surface area (Å²) in [7, 11) is -3.56. The number of rotatable bonds is 2. The standard InChI is InChI=1S/C13H17ClN2O3S/c14-11-5-9(2-3-12(11)15)20(18,19)16-6-8-1-4-13(17)10(8)7-16/h2-3,5,8,10,13,17H,1,4,6-7,15H2. The first kappa shape index (κ1) is 14.1. The van der Waals surface area contributed by atoms with Crippen molar-refractivity contribution in [1.82, 2.24) is 4.31 Å². The number of benzene rings is 1. The van der Waals surface area contributed by atoms with Gasteiger partial charge in [-0.1, -0.05) is 11.6 Å². The van der Waals surface area contributed by atoms with Crippen molar-refractivity contribution in [2.24, 2.45) is 11.8 Å². The highest BCUT2D eigenvalue weighted by molar-refractivity contribution is 7.89. The van der Waals surface area contributed by atoms with Crippen molar-refractivity contribution >= 4 is 27.3 Å². The zero-order chi connectivity index (χ0) is 14.5. The first-order valence-electron chi connectivity index (χ1n) is 6.63. The number of halogens is 1. The van der Waals surface area contributed by atoms with Crippen LogP contribution in [0.25, 0.3) is 0 Å². The summed E-state index contributed by atoms with van der Waals surface area (Å²) < 4.78 is 26.6. The lowest BCUT2D eigenvalue weighted by atomic mass is 10.00. The van der Waals surface area contributed by atoms with Crippen LogP contribution in [-0.2, 0) is 10.0 Å². The Morgan fingerprint density at radius 2 is 2.05 bits per heavy atom. The molecule has 0 radical (unpaired) electrons. The normalized spacial score (nSPS) is 30.6. The molecule has 3 unspecified atom stereocenters. The maximum Gasteiger partial charge on any atom is 0.243 e. The minimum absolute atomic E-state index is 0.0639. The Labute approximate surface area is 123 Å². The highest BCUT2D eigenvalue weighted by atomic mass is 35.5. The second kappa shape index (κ2) is 4.87. The molecule has 0 spiro atoms.